The third-order valence-electron chi connectivity index (χ3n) is 5.66. The van der Waals surface area contributed by atoms with Crippen molar-refractivity contribution in [2.75, 3.05) is 55.6 Å². The first kappa shape index (κ1) is 30.6. The van der Waals surface area contributed by atoms with Crippen LogP contribution in [0.5, 0.6) is 0 Å². The van der Waals surface area contributed by atoms with E-state index in [1.54, 1.807) is 4.90 Å². The lowest BCUT2D eigenvalue weighted by Gasteiger charge is -2.44. The first-order valence-corrected chi connectivity index (χ1v) is 11.1. The molecule has 3 heterocycles. The number of aliphatic carboxylic acids is 2. The molecule has 0 bridgehead atoms. The second-order valence-electron chi connectivity index (χ2n) is 8.21. The summed E-state index contributed by atoms with van der Waals surface area (Å²) in [5.74, 6) is -5.72. The van der Waals surface area contributed by atoms with Gasteiger partial charge in [0.2, 0.25) is 5.91 Å². The zero-order valence-corrected chi connectivity index (χ0v) is 19.7. The normalized spacial score (nSPS) is 18.8. The molecule has 3 amide bonds. The Morgan fingerprint density at radius 1 is 0.789 bits per heavy atom. The van der Waals surface area contributed by atoms with Crippen molar-refractivity contribution in [1.29, 1.82) is 0 Å². The Morgan fingerprint density at radius 2 is 1.24 bits per heavy atom. The molecule has 0 atom stereocenters. The van der Waals surface area contributed by atoms with Crippen molar-refractivity contribution in [2.24, 2.45) is 0 Å². The molecule has 3 aliphatic rings. The van der Waals surface area contributed by atoms with E-state index in [9.17, 15) is 35.9 Å². The van der Waals surface area contributed by atoms with E-state index in [0.29, 0.717) is 13.0 Å². The molecule has 3 fully saturated rings. The number of alkyl halides is 6. The summed E-state index contributed by atoms with van der Waals surface area (Å²) in [6.07, 6.45) is -9.81. The number of urea groups is 1. The molecule has 11 nitrogen and oxygen atoms in total. The fraction of sp³-hybridized carbons (Fsp3) is 0.524. The average molecular weight is 557 g/mol. The van der Waals surface area contributed by atoms with Gasteiger partial charge < -0.3 is 20.4 Å². The van der Waals surface area contributed by atoms with E-state index in [1.807, 2.05) is 12.1 Å². The molecule has 4 N–H and O–H groups in total. The minimum atomic E-state index is -5.08. The standard InChI is InChI=1S/C17H23N5O2.2C2HF3O2/c23-16-5-6-22(17(24)19-16)14-3-1-13(2-4-14)20-7-9-21(10-8-20)15-11-18-12-15;2*3-2(4,5)1(6)7/h1-4,15,18H,5-12H2,(H,19,23,24);2*(H,6,7). The first-order valence-electron chi connectivity index (χ1n) is 11.1. The van der Waals surface area contributed by atoms with Gasteiger partial charge in [-0.1, -0.05) is 0 Å². The van der Waals surface area contributed by atoms with E-state index in [1.165, 1.54) is 5.69 Å². The predicted molar refractivity (Wildman–Crippen MR) is 120 cm³/mol. The summed E-state index contributed by atoms with van der Waals surface area (Å²) in [6.45, 7) is 6.96. The van der Waals surface area contributed by atoms with Gasteiger partial charge in [-0.05, 0) is 24.3 Å². The fourth-order valence-corrected chi connectivity index (χ4v) is 3.53. The summed E-state index contributed by atoms with van der Waals surface area (Å²) in [4.78, 5) is 47.5. The number of nitrogens with zero attached hydrogens (tertiary/aromatic N) is 3. The minimum absolute atomic E-state index is 0.201. The van der Waals surface area contributed by atoms with Crippen LogP contribution >= 0.6 is 0 Å². The molecule has 0 spiro atoms. The van der Waals surface area contributed by atoms with E-state index in [-0.39, 0.29) is 11.9 Å². The van der Waals surface area contributed by atoms with Crippen LogP contribution in [0.25, 0.3) is 0 Å². The molecule has 3 aliphatic heterocycles. The highest BCUT2D eigenvalue weighted by Gasteiger charge is 2.39. The van der Waals surface area contributed by atoms with Gasteiger partial charge in [0.1, 0.15) is 0 Å². The number of halogens is 6. The maximum absolute atomic E-state index is 11.9. The van der Waals surface area contributed by atoms with Crippen molar-refractivity contribution in [1.82, 2.24) is 15.5 Å². The lowest BCUT2D eigenvalue weighted by molar-refractivity contribution is -0.193. The van der Waals surface area contributed by atoms with Gasteiger partial charge in [0.05, 0.1) is 0 Å². The van der Waals surface area contributed by atoms with Gasteiger partial charge in [0.15, 0.2) is 0 Å². The van der Waals surface area contributed by atoms with Crippen LogP contribution in [0.2, 0.25) is 0 Å². The van der Waals surface area contributed by atoms with Crippen LogP contribution in [-0.2, 0) is 14.4 Å². The molecule has 0 saturated carbocycles. The quantitative estimate of drug-likeness (QED) is 0.407. The number of amides is 3. The van der Waals surface area contributed by atoms with Crippen LogP contribution in [0.1, 0.15) is 6.42 Å². The number of rotatable bonds is 3. The molecule has 212 valence electrons. The van der Waals surface area contributed by atoms with Crippen LogP contribution in [0.15, 0.2) is 24.3 Å². The highest BCUT2D eigenvalue weighted by Crippen LogP contribution is 2.24. The topological polar surface area (TPSA) is 143 Å². The summed E-state index contributed by atoms with van der Waals surface area (Å²) >= 11 is 0. The van der Waals surface area contributed by atoms with Crippen molar-refractivity contribution in [2.45, 2.75) is 24.8 Å². The monoisotopic (exact) mass is 557 g/mol. The SMILES string of the molecule is O=C(O)C(F)(F)F.O=C(O)C(F)(F)F.O=C1CCN(c2ccc(N3CCN(C4CNC4)CC3)cc2)C(=O)N1. The van der Waals surface area contributed by atoms with Crippen molar-refractivity contribution in [3.8, 4) is 0 Å². The average Bonchev–Trinajstić information content (AvgIpc) is 2.78. The highest BCUT2D eigenvalue weighted by atomic mass is 19.4. The Bertz CT molecular complexity index is 968. The summed E-state index contributed by atoms with van der Waals surface area (Å²) in [7, 11) is 0. The molecule has 3 saturated heterocycles. The van der Waals surface area contributed by atoms with Gasteiger partial charge >= 0.3 is 30.3 Å². The molecule has 38 heavy (non-hydrogen) atoms. The highest BCUT2D eigenvalue weighted by molar-refractivity contribution is 6.05. The summed E-state index contributed by atoms with van der Waals surface area (Å²) in [5, 5.41) is 19.9. The lowest BCUT2D eigenvalue weighted by atomic mass is 10.1. The van der Waals surface area contributed by atoms with Gasteiger partial charge in [-0.25, -0.2) is 14.4 Å². The number of benzene rings is 1. The Kier molecular flexibility index (Phi) is 10.3. The van der Waals surface area contributed by atoms with Gasteiger partial charge in [0, 0.05) is 69.7 Å². The summed E-state index contributed by atoms with van der Waals surface area (Å²) < 4.78 is 63.5. The summed E-state index contributed by atoms with van der Waals surface area (Å²) in [6, 6.07) is 8.45. The second-order valence-corrected chi connectivity index (χ2v) is 8.21. The van der Waals surface area contributed by atoms with Crippen molar-refractivity contribution in [3.05, 3.63) is 24.3 Å². The number of hydrogen-bond donors (Lipinski definition) is 4. The predicted octanol–water partition coefficient (Wildman–Crippen LogP) is 1.49. The zero-order valence-electron chi connectivity index (χ0n) is 19.7. The number of carboxylic acid groups (broad SMARTS) is 2. The number of carbonyl (C=O) groups excluding carboxylic acids is 2. The molecular formula is C21H25F6N5O6. The third kappa shape index (κ3) is 9.05. The summed E-state index contributed by atoms with van der Waals surface area (Å²) in [5.41, 5.74) is 2.03. The number of piperazine rings is 1. The molecule has 0 aromatic heterocycles. The molecule has 17 heteroatoms. The Morgan fingerprint density at radius 3 is 1.61 bits per heavy atom. The van der Waals surface area contributed by atoms with Gasteiger partial charge in [-0.3, -0.25) is 19.9 Å². The number of nitrogens with one attached hydrogen (secondary N) is 2. The maximum Gasteiger partial charge on any atom is 0.490 e. The number of hydrogen-bond acceptors (Lipinski definition) is 7. The molecular weight excluding hydrogens is 532 g/mol. The van der Waals surface area contributed by atoms with Crippen LogP contribution in [0.4, 0.5) is 42.5 Å². The second kappa shape index (κ2) is 12.8. The van der Waals surface area contributed by atoms with E-state index < -0.39 is 24.3 Å². The number of imide groups is 1. The Hall–Kier alpha value is -3.60. The molecule has 0 unspecified atom stereocenters. The zero-order chi connectivity index (χ0) is 28.7. The molecule has 0 aliphatic carbocycles. The lowest BCUT2D eigenvalue weighted by Crippen LogP contribution is -2.61. The van der Waals surface area contributed by atoms with E-state index in [4.69, 9.17) is 19.8 Å². The van der Waals surface area contributed by atoms with Gasteiger partial charge in [-0.15, -0.1) is 0 Å². The molecule has 0 radical (unpaired) electrons. The molecule has 1 aromatic rings. The van der Waals surface area contributed by atoms with Crippen LogP contribution < -0.4 is 20.4 Å². The number of carbonyl (C=O) groups is 4. The van der Waals surface area contributed by atoms with Gasteiger partial charge in [0.25, 0.3) is 0 Å². The van der Waals surface area contributed by atoms with Crippen molar-refractivity contribution >= 4 is 35.3 Å². The minimum Gasteiger partial charge on any atom is -0.475 e. The van der Waals surface area contributed by atoms with Crippen molar-refractivity contribution < 1.29 is 55.7 Å². The van der Waals surface area contributed by atoms with Gasteiger partial charge in [-0.2, -0.15) is 26.3 Å². The van der Waals surface area contributed by atoms with Crippen molar-refractivity contribution in [3.63, 3.8) is 0 Å². The van der Waals surface area contributed by atoms with E-state index in [2.05, 4.69) is 32.6 Å². The van der Waals surface area contributed by atoms with E-state index in [0.717, 1.165) is 51.0 Å². The smallest absolute Gasteiger partial charge is 0.475 e. The maximum atomic E-state index is 11.9. The first-order chi connectivity index (χ1) is 17.6. The molecule has 1 aromatic carbocycles. The van der Waals surface area contributed by atoms with Crippen LogP contribution in [-0.4, -0.2) is 103 Å². The third-order valence-corrected chi connectivity index (χ3v) is 5.66. The largest absolute Gasteiger partial charge is 0.490 e. The number of anilines is 2. The Balaban J connectivity index is 0.000000301. The van der Waals surface area contributed by atoms with Crippen LogP contribution in [0, 0.1) is 0 Å². The number of carboxylic acids is 2. The van der Waals surface area contributed by atoms with E-state index >= 15 is 0 Å². The molecule has 4 rings (SSSR count). The fourth-order valence-electron chi connectivity index (χ4n) is 3.53. The van der Waals surface area contributed by atoms with Crippen LogP contribution in [0.3, 0.4) is 0 Å². The Labute approximate surface area is 212 Å².